The first-order valence-electron chi connectivity index (χ1n) is 11.3. The molecule has 6 nitrogen and oxygen atoms in total. The number of allylic oxidation sites excluding steroid dienone is 1. The Morgan fingerprint density at radius 1 is 1.12 bits per heavy atom. The molecule has 182 valence electrons. The highest BCUT2D eigenvalue weighted by Crippen LogP contribution is 2.43. The standard InChI is InChI=1S/C25H29F2N3O3S/c1-16(2)30-15-28-23-22(24(30)31)20(21(14-25(23,26)27)29-34(3,32)33)13-17-8-7-11-19(12-17)18-9-5-4-6-10-18/h4-12,16,20-21,28-29H,13-15H2,1-3H3. The first kappa shape index (κ1) is 24.3. The number of halogens is 2. The molecule has 0 saturated heterocycles. The second kappa shape index (κ2) is 9.11. The van der Waals surface area contributed by atoms with E-state index in [-0.39, 0.29) is 30.4 Å². The van der Waals surface area contributed by atoms with Crippen LogP contribution in [0.25, 0.3) is 11.1 Å². The van der Waals surface area contributed by atoms with Gasteiger partial charge in [-0.05, 0) is 37.0 Å². The van der Waals surface area contributed by atoms with E-state index in [9.17, 15) is 13.2 Å². The number of benzene rings is 2. The van der Waals surface area contributed by atoms with Crippen molar-refractivity contribution in [2.24, 2.45) is 5.92 Å². The minimum Gasteiger partial charge on any atom is -0.366 e. The Balaban J connectivity index is 1.78. The summed E-state index contributed by atoms with van der Waals surface area (Å²) < 4.78 is 56.8. The molecular formula is C25H29F2N3O3S. The third kappa shape index (κ3) is 5.00. The maximum atomic E-state index is 15.1. The molecule has 4 rings (SSSR count). The lowest BCUT2D eigenvalue weighted by molar-refractivity contribution is -0.133. The van der Waals surface area contributed by atoms with E-state index in [2.05, 4.69) is 10.0 Å². The smallest absolute Gasteiger partial charge is 0.289 e. The fourth-order valence-electron chi connectivity index (χ4n) is 4.81. The Morgan fingerprint density at radius 3 is 2.44 bits per heavy atom. The van der Waals surface area contributed by atoms with E-state index >= 15 is 8.78 Å². The van der Waals surface area contributed by atoms with Gasteiger partial charge in [-0.1, -0.05) is 54.6 Å². The Labute approximate surface area is 199 Å². The molecule has 0 aromatic heterocycles. The van der Waals surface area contributed by atoms with Crippen molar-refractivity contribution in [1.82, 2.24) is 14.9 Å². The number of amides is 1. The molecule has 2 aromatic carbocycles. The number of carbonyl (C=O) groups excluding carboxylic acids is 1. The van der Waals surface area contributed by atoms with Crippen molar-refractivity contribution in [2.75, 3.05) is 12.9 Å². The van der Waals surface area contributed by atoms with Crippen LogP contribution in [0.15, 0.2) is 65.9 Å². The van der Waals surface area contributed by atoms with Gasteiger partial charge in [-0.2, -0.15) is 8.78 Å². The van der Waals surface area contributed by atoms with Gasteiger partial charge in [-0.15, -0.1) is 0 Å². The Morgan fingerprint density at radius 2 is 1.79 bits per heavy atom. The fourth-order valence-corrected chi connectivity index (χ4v) is 5.61. The van der Waals surface area contributed by atoms with Crippen LogP contribution in [-0.4, -0.2) is 50.2 Å². The Hall–Kier alpha value is -2.78. The van der Waals surface area contributed by atoms with Gasteiger partial charge in [0.25, 0.3) is 11.8 Å². The average molecular weight is 490 g/mol. The van der Waals surface area contributed by atoms with Gasteiger partial charge in [-0.3, -0.25) is 4.79 Å². The quantitative estimate of drug-likeness (QED) is 0.651. The molecule has 0 spiro atoms. The van der Waals surface area contributed by atoms with E-state index in [1.165, 1.54) is 4.90 Å². The van der Waals surface area contributed by atoms with E-state index in [1.807, 2.05) is 68.4 Å². The zero-order valence-corrected chi connectivity index (χ0v) is 20.2. The number of hydrogen-bond acceptors (Lipinski definition) is 4. The van der Waals surface area contributed by atoms with Crippen LogP contribution in [0.5, 0.6) is 0 Å². The van der Waals surface area contributed by atoms with Gasteiger partial charge in [0.1, 0.15) is 0 Å². The number of sulfonamides is 1. The second-order valence-electron chi connectivity index (χ2n) is 9.27. The second-order valence-corrected chi connectivity index (χ2v) is 11.1. The minimum absolute atomic E-state index is 0.00862. The first-order valence-corrected chi connectivity index (χ1v) is 13.1. The lowest BCUT2D eigenvalue weighted by atomic mass is 9.75. The van der Waals surface area contributed by atoms with E-state index in [1.54, 1.807) is 0 Å². The summed E-state index contributed by atoms with van der Waals surface area (Å²) in [5.74, 6) is -4.58. The van der Waals surface area contributed by atoms with Crippen LogP contribution in [0.1, 0.15) is 25.8 Å². The van der Waals surface area contributed by atoms with Gasteiger partial charge in [-0.25, -0.2) is 13.1 Å². The van der Waals surface area contributed by atoms with E-state index in [0.717, 1.165) is 22.9 Å². The SMILES string of the molecule is CC(C)N1CNC2=C(C1=O)C(Cc1cccc(-c3ccccc3)c1)C(NS(C)(=O)=O)CC2(F)F. The predicted molar refractivity (Wildman–Crippen MR) is 127 cm³/mol. The molecular weight excluding hydrogens is 460 g/mol. The van der Waals surface area contributed by atoms with Crippen molar-refractivity contribution in [3.63, 3.8) is 0 Å². The number of alkyl halides is 2. The molecule has 2 atom stereocenters. The van der Waals surface area contributed by atoms with Crippen LogP contribution >= 0.6 is 0 Å². The number of nitrogens with one attached hydrogen (secondary N) is 2. The summed E-state index contributed by atoms with van der Waals surface area (Å²) in [6.07, 6.45) is 0.468. The molecule has 0 radical (unpaired) electrons. The van der Waals surface area contributed by atoms with Gasteiger partial charge in [0, 0.05) is 30.0 Å². The fraction of sp³-hybridized carbons (Fsp3) is 0.400. The summed E-state index contributed by atoms with van der Waals surface area (Å²) in [6.45, 7) is 3.62. The third-order valence-corrected chi connectivity index (χ3v) is 7.09. The average Bonchev–Trinajstić information content (AvgIpc) is 2.76. The summed E-state index contributed by atoms with van der Waals surface area (Å²) in [4.78, 5) is 14.9. The van der Waals surface area contributed by atoms with Crippen molar-refractivity contribution in [3.8, 4) is 11.1 Å². The van der Waals surface area contributed by atoms with Gasteiger partial charge >= 0.3 is 0 Å². The highest BCUT2D eigenvalue weighted by Gasteiger charge is 2.52. The molecule has 2 aromatic rings. The lowest BCUT2D eigenvalue weighted by Crippen LogP contribution is -2.59. The third-order valence-electron chi connectivity index (χ3n) is 6.36. The van der Waals surface area contributed by atoms with E-state index < -0.39 is 40.2 Å². The summed E-state index contributed by atoms with van der Waals surface area (Å²) in [5, 5.41) is 2.77. The monoisotopic (exact) mass is 489 g/mol. The van der Waals surface area contributed by atoms with Crippen LogP contribution in [0, 0.1) is 5.92 Å². The van der Waals surface area contributed by atoms with Crippen molar-refractivity contribution in [1.29, 1.82) is 0 Å². The molecule has 1 aliphatic heterocycles. The number of hydrogen-bond donors (Lipinski definition) is 2. The molecule has 1 heterocycles. The highest BCUT2D eigenvalue weighted by atomic mass is 32.2. The topological polar surface area (TPSA) is 78.5 Å². The Bertz CT molecular complexity index is 1210. The molecule has 1 aliphatic carbocycles. The van der Waals surface area contributed by atoms with Crippen molar-refractivity contribution < 1.29 is 22.0 Å². The molecule has 0 bridgehead atoms. The van der Waals surface area contributed by atoms with Crippen LogP contribution in [0.4, 0.5) is 8.78 Å². The normalized spacial score (nSPS) is 22.5. The number of rotatable bonds is 6. The summed E-state index contributed by atoms with van der Waals surface area (Å²) in [6, 6.07) is 16.1. The molecule has 34 heavy (non-hydrogen) atoms. The van der Waals surface area contributed by atoms with Gasteiger partial charge in [0.05, 0.1) is 18.6 Å². The van der Waals surface area contributed by atoms with Gasteiger partial charge in [0.2, 0.25) is 10.0 Å². The zero-order valence-electron chi connectivity index (χ0n) is 19.4. The largest absolute Gasteiger partial charge is 0.366 e. The maximum absolute atomic E-state index is 15.1. The minimum atomic E-state index is -3.79. The number of carbonyl (C=O) groups is 1. The van der Waals surface area contributed by atoms with Crippen molar-refractivity contribution in [3.05, 3.63) is 71.4 Å². The van der Waals surface area contributed by atoms with E-state index in [0.29, 0.717) is 0 Å². The Kier molecular flexibility index (Phi) is 6.52. The van der Waals surface area contributed by atoms with Crippen LogP contribution in [0.2, 0.25) is 0 Å². The maximum Gasteiger partial charge on any atom is 0.289 e. The molecule has 2 aliphatic rings. The van der Waals surface area contributed by atoms with Crippen molar-refractivity contribution >= 4 is 15.9 Å². The van der Waals surface area contributed by atoms with Crippen LogP contribution < -0.4 is 10.0 Å². The predicted octanol–water partition coefficient (Wildman–Crippen LogP) is 3.52. The highest BCUT2D eigenvalue weighted by molar-refractivity contribution is 7.88. The molecule has 9 heteroatoms. The zero-order chi connectivity index (χ0) is 24.7. The molecule has 1 amide bonds. The number of nitrogens with zero attached hydrogens (tertiary/aromatic N) is 1. The van der Waals surface area contributed by atoms with Gasteiger partial charge in [0.15, 0.2) is 0 Å². The van der Waals surface area contributed by atoms with Crippen molar-refractivity contribution in [2.45, 2.75) is 44.7 Å². The molecule has 2 N–H and O–H groups in total. The van der Waals surface area contributed by atoms with Crippen LogP contribution in [0.3, 0.4) is 0 Å². The summed E-state index contributed by atoms with van der Waals surface area (Å²) in [5.41, 5.74) is 2.37. The summed E-state index contributed by atoms with van der Waals surface area (Å²) in [7, 11) is -3.79. The molecule has 2 unspecified atom stereocenters. The summed E-state index contributed by atoms with van der Waals surface area (Å²) >= 11 is 0. The molecule has 0 saturated carbocycles. The van der Waals surface area contributed by atoms with Crippen LogP contribution in [-0.2, 0) is 21.2 Å². The molecule has 0 fully saturated rings. The van der Waals surface area contributed by atoms with E-state index in [4.69, 9.17) is 0 Å². The first-order chi connectivity index (χ1) is 16.0. The van der Waals surface area contributed by atoms with Gasteiger partial charge < -0.3 is 10.2 Å². The lowest BCUT2D eigenvalue weighted by Gasteiger charge is -2.45.